The van der Waals surface area contributed by atoms with Crippen molar-refractivity contribution in [2.75, 3.05) is 19.8 Å². The minimum atomic E-state index is -0.497. The maximum atomic E-state index is 12.2. The number of hydrogen-bond acceptors (Lipinski definition) is 6. The van der Waals surface area contributed by atoms with E-state index in [4.69, 9.17) is 14.2 Å². The maximum absolute atomic E-state index is 12.2. The van der Waals surface area contributed by atoms with Crippen LogP contribution in [0.3, 0.4) is 0 Å². The molecule has 3 atom stereocenters. The van der Waals surface area contributed by atoms with Gasteiger partial charge in [-0.05, 0) is 51.2 Å². The summed E-state index contributed by atoms with van der Waals surface area (Å²) in [7, 11) is 0. The van der Waals surface area contributed by atoms with Crippen LogP contribution in [0.15, 0.2) is 18.5 Å². The molecule has 3 rings (SSSR count). The standard InChI is InChI=1S/C20H28N2O5/c1-13(23)25-11-15-8-18(15)14-7-17(10-21-9-14)26-12-16-5-6-22(16)19(24)27-20(2,3)4/h7,9-10,15-16,18H,5-6,8,11-12H2,1-4H3/t15-,16+,18-/m1/s1. The predicted molar refractivity (Wildman–Crippen MR) is 98.6 cm³/mol. The fourth-order valence-electron chi connectivity index (χ4n) is 3.15. The van der Waals surface area contributed by atoms with Crippen LogP contribution in [0.25, 0.3) is 0 Å². The van der Waals surface area contributed by atoms with Crippen LogP contribution in [-0.2, 0) is 14.3 Å². The average Bonchev–Trinajstić information content (AvgIpc) is 3.30. The number of esters is 1. The van der Waals surface area contributed by atoms with Gasteiger partial charge in [0.1, 0.15) is 18.0 Å². The lowest BCUT2D eigenvalue weighted by Crippen LogP contribution is -2.55. The number of rotatable bonds is 6. The van der Waals surface area contributed by atoms with Gasteiger partial charge in [0, 0.05) is 25.6 Å². The first kappa shape index (κ1) is 19.5. The molecule has 1 saturated heterocycles. The van der Waals surface area contributed by atoms with Crippen LogP contribution in [0, 0.1) is 5.92 Å². The fourth-order valence-corrected chi connectivity index (χ4v) is 3.15. The van der Waals surface area contributed by atoms with E-state index < -0.39 is 5.60 Å². The topological polar surface area (TPSA) is 78.0 Å². The molecule has 1 aliphatic carbocycles. The van der Waals surface area contributed by atoms with Crippen molar-refractivity contribution < 1.29 is 23.8 Å². The number of aromatic nitrogens is 1. The largest absolute Gasteiger partial charge is 0.490 e. The summed E-state index contributed by atoms with van der Waals surface area (Å²) in [4.78, 5) is 29.0. The fraction of sp³-hybridized carbons (Fsp3) is 0.650. The lowest BCUT2D eigenvalue weighted by Gasteiger charge is -2.40. The van der Waals surface area contributed by atoms with E-state index in [1.807, 2.05) is 33.0 Å². The summed E-state index contributed by atoms with van der Waals surface area (Å²) < 4.78 is 16.4. The monoisotopic (exact) mass is 376 g/mol. The molecule has 2 fully saturated rings. The molecule has 7 nitrogen and oxygen atoms in total. The molecule has 1 aromatic heterocycles. The summed E-state index contributed by atoms with van der Waals surface area (Å²) in [5.41, 5.74) is 0.603. The Morgan fingerprint density at radius 1 is 1.26 bits per heavy atom. The van der Waals surface area contributed by atoms with Crippen molar-refractivity contribution in [1.82, 2.24) is 9.88 Å². The third-order valence-corrected chi connectivity index (χ3v) is 4.80. The third-order valence-electron chi connectivity index (χ3n) is 4.80. The highest BCUT2D eigenvalue weighted by Gasteiger charge is 2.40. The Hall–Kier alpha value is -2.31. The molecule has 0 radical (unpaired) electrons. The molecule has 0 unspecified atom stereocenters. The van der Waals surface area contributed by atoms with Gasteiger partial charge in [0.05, 0.1) is 18.8 Å². The zero-order valence-corrected chi connectivity index (χ0v) is 16.4. The lowest BCUT2D eigenvalue weighted by molar-refractivity contribution is -0.141. The second-order valence-electron chi connectivity index (χ2n) is 8.29. The zero-order chi connectivity index (χ0) is 19.6. The van der Waals surface area contributed by atoms with Gasteiger partial charge in [0.2, 0.25) is 0 Å². The molecule has 2 aliphatic rings. The Bertz CT molecular complexity index is 700. The van der Waals surface area contributed by atoms with Crippen molar-refractivity contribution >= 4 is 12.1 Å². The Morgan fingerprint density at radius 3 is 2.67 bits per heavy atom. The van der Waals surface area contributed by atoms with Gasteiger partial charge < -0.3 is 19.1 Å². The summed E-state index contributed by atoms with van der Waals surface area (Å²) in [6.07, 6.45) is 5.12. The summed E-state index contributed by atoms with van der Waals surface area (Å²) in [5, 5.41) is 0. The van der Waals surface area contributed by atoms with E-state index in [1.165, 1.54) is 6.92 Å². The summed E-state index contributed by atoms with van der Waals surface area (Å²) in [6, 6.07) is 2.02. The molecule has 0 N–H and O–H groups in total. The number of hydrogen-bond donors (Lipinski definition) is 0. The molecular weight excluding hydrogens is 348 g/mol. The van der Waals surface area contributed by atoms with Crippen molar-refractivity contribution in [2.45, 2.75) is 58.1 Å². The van der Waals surface area contributed by atoms with E-state index >= 15 is 0 Å². The molecule has 1 aliphatic heterocycles. The van der Waals surface area contributed by atoms with Crippen molar-refractivity contribution in [3.05, 3.63) is 24.0 Å². The SMILES string of the molecule is CC(=O)OC[C@H]1C[C@@H]1c1cncc(OC[C@@H]2CCN2C(=O)OC(C)(C)C)c1. The second-order valence-corrected chi connectivity index (χ2v) is 8.29. The van der Waals surface area contributed by atoms with Crippen molar-refractivity contribution in [3.63, 3.8) is 0 Å². The minimum absolute atomic E-state index is 0.0288. The smallest absolute Gasteiger partial charge is 0.410 e. The Morgan fingerprint density at radius 2 is 2.04 bits per heavy atom. The molecule has 7 heteroatoms. The molecule has 1 saturated carbocycles. The number of amides is 1. The number of likely N-dealkylation sites (tertiary alicyclic amines) is 1. The molecule has 0 spiro atoms. The van der Waals surface area contributed by atoms with Gasteiger partial charge in [0.25, 0.3) is 0 Å². The number of pyridine rings is 1. The first-order valence-corrected chi connectivity index (χ1v) is 9.43. The summed E-state index contributed by atoms with van der Waals surface area (Å²) in [6.45, 7) is 8.58. The van der Waals surface area contributed by atoms with Crippen LogP contribution in [0.1, 0.15) is 52.0 Å². The third kappa shape index (κ3) is 5.34. The van der Waals surface area contributed by atoms with Crippen LogP contribution in [-0.4, -0.2) is 53.3 Å². The van der Waals surface area contributed by atoms with E-state index in [1.54, 1.807) is 11.1 Å². The Kier molecular flexibility index (Phi) is 5.58. The molecule has 0 bridgehead atoms. The molecule has 1 amide bonds. The number of carbonyl (C=O) groups is 2. The molecule has 148 valence electrons. The van der Waals surface area contributed by atoms with E-state index in [-0.39, 0.29) is 18.1 Å². The Labute approximate surface area is 160 Å². The second kappa shape index (κ2) is 7.74. The normalized spacial score (nSPS) is 24.0. The van der Waals surface area contributed by atoms with Crippen LogP contribution in [0.4, 0.5) is 4.79 Å². The van der Waals surface area contributed by atoms with Crippen molar-refractivity contribution in [1.29, 1.82) is 0 Å². The maximum Gasteiger partial charge on any atom is 0.410 e. The number of nitrogens with zero attached hydrogens (tertiary/aromatic N) is 2. The molecular formula is C20H28N2O5. The molecule has 1 aromatic rings. The summed E-state index contributed by atoms with van der Waals surface area (Å²) >= 11 is 0. The first-order valence-electron chi connectivity index (χ1n) is 9.43. The van der Waals surface area contributed by atoms with Gasteiger partial charge in [0.15, 0.2) is 0 Å². The summed E-state index contributed by atoms with van der Waals surface area (Å²) in [5.74, 6) is 1.18. The van der Waals surface area contributed by atoms with Gasteiger partial charge >= 0.3 is 12.1 Å². The highest BCUT2D eigenvalue weighted by molar-refractivity contribution is 5.69. The zero-order valence-electron chi connectivity index (χ0n) is 16.4. The van der Waals surface area contributed by atoms with E-state index in [0.717, 1.165) is 18.4 Å². The van der Waals surface area contributed by atoms with Crippen molar-refractivity contribution in [2.24, 2.45) is 5.92 Å². The minimum Gasteiger partial charge on any atom is -0.490 e. The number of ether oxygens (including phenoxy) is 3. The molecule has 0 aromatic carbocycles. The van der Waals surface area contributed by atoms with E-state index in [9.17, 15) is 9.59 Å². The molecule has 27 heavy (non-hydrogen) atoms. The lowest BCUT2D eigenvalue weighted by atomic mass is 10.1. The quantitative estimate of drug-likeness (QED) is 0.710. The van der Waals surface area contributed by atoms with Crippen LogP contribution in [0.2, 0.25) is 0 Å². The van der Waals surface area contributed by atoms with Gasteiger partial charge in [-0.25, -0.2) is 4.79 Å². The highest BCUT2D eigenvalue weighted by Crippen LogP contribution is 2.47. The average molecular weight is 376 g/mol. The van der Waals surface area contributed by atoms with Gasteiger partial charge in [-0.15, -0.1) is 0 Å². The van der Waals surface area contributed by atoms with Crippen molar-refractivity contribution in [3.8, 4) is 5.75 Å². The molecule has 2 heterocycles. The Balaban J connectivity index is 1.48. The van der Waals surface area contributed by atoms with Gasteiger partial charge in [-0.2, -0.15) is 0 Å². The van der Waals surface area contributed by atoms with E-state index in [2.05, 4.69) is 4.98 Å². The van der Waals surface area contributed by atoms with Gasteiger partial charge in [-0.3, -0.25) is 9.78 Å². The highest BCUT2D eigenvalue weighted by atomic mass is 16.6. The number of carbonyl (C=O) groups excluding carboxylic acids is 2. The predicted octanol–water partition coefficient (Wildman–Crippen LogP) is 3.14. The van der Waals surface area contributed by atoms with E-state index in [0.29, 0.717) is 37.3 Å². The van der Waals surface area contributed by atoms with Crippen LogP contribution < -0.4 is 4.74 Å². The van der Waals surface area contributed by atoms with Crippen LogP contribution >= 0.6 is 0 Å². The van der Waals surface area contributed by atoms with Gasteiger partial charge in [-0.1, -0.05) is 0 Å². The first-order chi connectivity index (χ1) is 12.7. The van der Waals surface area contributed by atoms with Crippen LogP contribution in [0.5, 0.6) is 5.75 Å².